The van der Waals surface area contributed by atoms with Crippen molar-refractivity contribution >= 4 is 17.2 Å². The van der Waals surface area contributed by atoms with Crippen molar-refractivity contribution in [2.24, 2.45) is 0 Å². The number of hydrogen-bond acceptors (Lipinski definition) is 6. The lowest BCUT2D eigenvalue weighted by Gasteiger charge is -2.33. The van der Waals surface area contributed by atoms with Crippen LogP contribution in [0.15, 0.2) is 52.5 Å². The van der Waals surface area contributed by atoms with E-state index < -0.39 is 0 Å². The molecular formula is C23H23N5O2S. The fourth-order valence-corrected chi connectivity index (χ4v) is 4.63. The zero-order valence-corrected chi connectivity index (χ0v) is 18.5. The number of hydrogen-bond donors (Lipinski definition) is 0. The molecule has 0 saturated carbocycles. The Balaban J connectivity index is 1.38. The molecule has 0 radical (unpaired) electrons. The second-order valence-corrected chi connectivity index (χ2v) is 8.94. The van der Waals surface area contributed by atoms with E-state index in [2.05, 4.69) is 26.6 Å². The smallest absolute Gasteiger partial charge is 0.254 e. The van der Waals surface area contributed by atoms with Crippen LogP contribution in [0.5, 0.6) is 0 Å². The van der Waals surface area contributed by atoms with Crippen molar-refractivity contribution in [1.82, 2.24) is 24.6 Å². The molecule has 1 aliphatic rings. The van der Waals surface area contributed by atoms with Gasteiger partial charge in [0.05, 0.1) is 6.04 Å². The maximum Gasteiger partial charge on any atom is 0.254 e. The third-order valence-electron chi connectivity index (χ3n) is 5.63. The van der Waals surface area contributed by atoms with E-state index >= 15 is 0 Å². The van der Waals surface area contributed by atoms with Crippen LogP contribution >= 0.6 is 11.3 Å². The van der Waals surface area contributed by atoms with E-state index in [0.29, 0.717) is 36.1 Å². The van der Waals surface area contributed by atoms with Gasteiger partial charge in [-0.1, -0.05) is 32.0 Å². The minimum atomic E-state index is -0.184. The van der Waals surface area contributed by atoms with E-state index in [1.54, 1.807) is 17.6 Å². The molecule has 0 bridgehead atoms. The summed E-state index contributed by atoms with van der Waals surface area (Å²) in [6.07, 6.45) is 1.63. The monoisotopic (exact) mass is 433 g/mol. The number of benzene rings is 1. The Morgan fingerprint density at radius 3 is 2.65 bits per heavy atom. The molecule has 1 aliphatic heterocycles. The standard InChI is InChI=1S/C23H23N5O2S/c1-14(2)22-24-18(13-30-22)21-26-25-20-15(3)27(10-11-28(20)21)23(29)17-8-6-16(7-9-17)19-5-4-12-31-19/h4-9,12-15H,10-11H2,1-3H3. The van der Waals surface area contributed by atoms with Crippen molar-refractivity contribution in [3.05, 3.63) is 65.3 Å². The largest absolute Gasteiger partial charge is 0.448 e. The van der Waals surface area contributed by atoms with E-state index in [1.165, 1.54) is 4.88 Å². The first-order valence-electron chi connectivity index (χ1n) is 10.4. The van der Waals surface area contributed by atoms with Crippen molar-refractivity contribution in [1.29, 1.82) is 0 Å². The third-order valence-corrected chi connectivity index (χ3v) is 6.55. The summed E-state index contributed by atoms with van der Waals surface area (Å²) in [5.41, 5.74) is 2.48. The second-order valence-electron chi connectivity index (χ2n) is 7.99. The first-order chi connectivity index (χ1) is 15.0. The number of carbonyl (C=O) groups excluding carboxylic acids is 1. The predicted molar refractivity (Wildman–Crippen MR) is 119 cm³/mol. The summed E-state index contributed by atoms with van der Waals surface area (Å²) in [5.74, 6) is 2.34. The van der Waals surface area contributed by atoms with Crippen LogP contribution in [0.25, 0.3) is 22.0 Å². The Morgan fingerprint density at radius 1 is 1.16 bits per heavy atom. The maximum atomic E-state index is 13.2. The summed E-state index contributed by atoms with van der Waals surface area (Å²) in [6.45, 7) is 7.26. The highest BCUT2D eigenvalue weighted by molar-refractivity contribution is 7.13. The summed E-state index contributed by atoms with van der Waals surface area (Å²) in [4.78, 5) is 20.8. The van der Waals surface area contributed by atoms with Crippen molar-refractivity contribution in [2.75, 3.05) is 6.54 Å². The number of aromatic nitrogens is 4. The van der Waals surface area contributed by atoms with Crippen LogP contribution in [0.4, 0.5) is 0 Å². The van der Waals surface area contributed by atoms with E-state index in [9.17, 15) is 4.79 Å². The molecule has 0 fully saturated rings. The van der Waals surface area contributed by atoms with Gasteiger partial charge in [0.15, 0.2) is 17.5 Å². The molecule has 1 aromatic carbocycles. The molecule has 1 amide bonds. The molecule has 0 spiro atoms. The third kappa shape index (κ3) is 3.46. The molecule has 5 rings (SSSR count). The molecule has 1 unspecified atom stereocenters. The molecule has 8 heteroatoms. The summed E-state index contributed by atoms with van der Waals surface area (Å²) >= 11 is 1.69. The highest BCUT2D eigenvalue weighted by Crippen LogP contribution is 2.31. The number of amides is 1. The molecule has 158 valence electrons. The van der Waals surface area contributed by atoms with Gasteiger partial charge in [-0.2, -0.15) is 0 Å². The Labute approximate surface area is 184 Å². The summed E-state index contributed by atoms with van der Waals surface area (Å²) < 4.78 is 7.60. The van der Waals surface area contributed by atoms with Gasteiger partial charge in [0.2, 0.25) is 0 Å². The molecule has 0 aliphatic carbocycles. The van der Waals surface area contributed by atoms with E-state index in [0.717, 1.165) is 11.4 Å². The Bertz CT molecular complexity index is 1210. The molecular weight excluding hydrogens is 410 g/mol. The topological polar surface area (TPSA) is 77.1 Å². The summed E-state index contributed by atoms with van der Waals surface area (Å²) in [7, 11) is 0. The van der Waals surface area contributed by atoms with Crippen LogP contribution < -0.4 is 0 Å². The zero-order valence-electron chi connectivity index (χ0n) is 17.6. The molecule has 1 atom stereocenters. The SMILES string of the molecule is CC(C)c1nc(-c2nnc3n2CCN(C(=O)c2ccc(-c4cccs4)cc2)C3C)co1. The van der Waals surface area contributed by atoms with Crippen LogP contribution in [-0.2, 0) is 6.54 Å². The van der Waals surface area contributed by atoms with Crippen LogP contribution in [0.2, 0.25) is 0 Å². The van der Waals surface area contributed by atoms with Crippen LogP contribution in [0.3, 0.4) is 0 Å². The summed E-state index contributed by atoms with van der Waals surface area (Å²) in [5, 5.41) is 10.8. The highest BCUT2D eigenvalue weighted by atomic mass is 32.1. The molecule has 0 N–H and O–H groups in total. The lowest BCUT2D eigenvalue weighted by molar-refractivity contribution is 0.0638. The van der Waals surface area contributed by atoms with Gasteiger partial charge in [-0.05, 0) is 36.1 Å². The second kappa shape index (κ2) is 7.77. The van der Waals surface area contributed by atoms with Crippen molar-refractivity contribution in [3.8, 4) is 22.0 Å². The minimum Gasteiger partial charge on any atom is -0.448 e. The number of carbonyl (C=O) groups is 1. The number of thiophene rings is 1. The Hall–Kier alpha value is -3.26. The average Bonchev–Trinajstić information content (AvgIpc) is 3.54. The highest BCUT2D eigenvalue weighted by Gasteiger charge is 2.32. The first kappa shape index (κ1) is 19.7. The van der Waals surface area contributed by atoms with Crippen LogP contribution in [-0.4, -0.2) is 37.1 Å². The van der Waals surface area contributed by atoms with Gasteiger partial charge in [0, 0.05) is 29.4 Å². The van der Waals surface area contributed by atoms with Gasteiger partial charge in [0.25, 0.3) is 5.91 Å². The number of rotatable bonds is 4. The van der Waals surface area contributed by atoms with Crippen molar-refractivity contribution < 1.29 is 9.21 Å². The van der Waals surface area contributed by atoms with Gasteiger partial charge in [-0.15, -0.1) is 21.5 Å². The van der Waals surface area contributed by atoms with Crippen molar-refractivity contribution in [3.63, 3.8) is 0 Å². The van der Waals surface area contributed by atoms with Crippen molar-refractivity contribution in [2.45, 2.75) is 39.3 Å². The number of fused-ring (bicyclic) bond motifs is 1. The summed E-state index contributed by atoms with van der Waals surface area (Å²) in [6, 6.07) is 11.7. The Kier molecular flexibility index (Phi) is 4.94. The number of oxazole rings is 1. The minimum absolute atomic E-state index is 0.00422. The normalized spacial score (nSPS) is 16.0. The van der Waals surface area contributed by atoms with Crippen LogP contribution in [0, 0.1) is 0 Å². The molecule has 3 aromatic heterocycles. The van der Waals surface area contributed by atoms with Gasteiger partial charge in [0.1, 0.15) is 12.0 Å². The van der Waals surface area contributed by atoms with E-state index in [1.807, 2.05) is 60.6 Å². The van der Waals surface area contributed by atoms with Gasteiger partial charge < -0.3 is 13.9 Å². The van der Waals surface area contributed by atoms with Gasteiger partial charge >= 0.3 is 0 Å². The van der Waals surface area contributed by atoms with Gasteiger partial charge in [-0.25, -0.2) is 4.98 Å². The molecule has 7 nitrogen and oxygen atoms in total. The van der Waals surface area contributed by atoms with Crippen LogP contribution in [0.1, 0.15) is 54.8 Å². The average molecular weight is 434 g/mol. The fourth-order valence-electron chi connectivity index (χ4n) is 3.89. The molecule has 4 aromatic rings. The molecule has 0 saturated heterocycles. The van der Waals surface area contributed by atoms with Gasteiger partial charge in [-0.3, -0.25) is 4.79 Å². The lowest BCUT2D eigenvalue weighted by atomic mass is 10.1. The van der Waals surface area contributed by atoms with E-state index in [-0.39, 0.29) is 17.9 Å². The maximum absolute atomic E-state index is 13.2. The first-order valence-corrected chi connectivity index (χ1v) is 11.2. The molecule has 31 heavy (non-hydrogen) atoms. The lowest BCUT2D eigenvalue weighted by Crippen LogP contribution is -2.41. The quantitative estimate of drug-likeness (QED) is 0.452. The fraction of sp³-hybridized carbons (Fsp3) is 0.304. The Morgan fingerprint density at radius 2 is 1.97 bits per heavy atom. The zero-order chi connectivity index (χ0) is 21.5. The molecule has 4 heterocycles. The predicted octanol–water partition coefficient (Wildman–Crippen LogP) is 5.00. The number of nitrogens with zero attached hydrogens (tertiary/aromatic N) is 5. The van der Waals surface area contributed by atoms with E-state index in [4.69, 9.17) is 4.42 Å².